The third-order valence-electron chi connectivity index (χ3n) is 3.99. The zero-order valence-corrected chi connectivity index (χ0v) is 14.7. The van der Waals surface area contributed by atoms with Gasteiger partial charge in [-0.3, -0.25) is 4.79 Å². The number of benzene rings is 2. The third-order valence-corrected chi connectivity index (χ3v) is 3.99. The molecule has 26 heavy (non-hydrogen) atoms. The highest BCUT2D eigenvalue weighted by Gasteiger charge is 2.18. The third kappa shape index (κ3) is 4.74. The van der Waals surface area contributed by atoms with E-state index in [1.165, 1.54) is 6.07 Å². The summed E-state index contributed by atoms with van der Waals surface area (Å²) in [6.45, 7) is 3.78. The summed E-state index contributed by atoms with van der Waals surface area (Å²) in [5, 5.41) is 12.8. The van der Waals surface area contributed by atoms with Crippen molar-refractivity contribution in [3.63, 3.8) is 0 Å². The van der Waals surface area contributed by atoms with E-state index in [9.17, 15) is 9.90 Å². The molecule has 0 aromatic heterocycles. The molecule has 1 heterocycles. The maximum absolute atomic E-state index is 12.3. The number of anilines is 1. The van der Waals surface area contributed by atoms with Crippen LogP contribution in [0.5, 0.6) is 11.5 Å². The molecule has 1 aliphatic heterocycles. The number of hydrogen-bond donors (Lipinski definition) is 2. The molecule has 0 spiro atoms. The normalized spacial score (nSPS) is 14.8. The van der Waals surface area contributed by atoms with Gasteiger partial charge in [0, 0.05) is 5.56 Å². The Morgan fingerprint density at radius 1 is 1.19 bits per heavy atom. The molecular weight excluding hydrogens is 334 g/mol. The van der Waals surface area contributed by atoms with Crippen LogP contribution in [0.15, 0.2) is 42.5 Å². The lowest BCUT2D eigenvalue weighted by Crippen LogP contribution is -2.18. The van der Waals surface area contributed by atoms with E-state index in [2.05, 4.69) is 5.32 Å². The fourth-order valence-electron chi connectivity index (χ4n) is 2.73. The molecule has 138 valence electrons. The van der Waals surface area contributed by atoms with Gasteiger partial charge in [-0.25, -0.2) is 0 Å². The molecule has 2 N–H and O–H groups in total. The maximum Gasteiger partial charge on any atom is 0.228 e. The molecule has 1 amide bonds. The van der Waals surface area contributed by atoms with Gasteiger partial charge < -0.3 is 24.6 Å². The summed E-state index contributed by atoms with van der Waals surface area (Å²) in [7, 11) is 0. The first-order valence-corrected chi connectivity index (χ1v) is 8.73. The highest BCUT2D eigenvalue weighted by molar-refractivity contribution is 5.93. The SMILES string of the molecule is CCOc1ccc(CC(=O)Nc2cc(C3OCCCO3)ccc2O)cc1. The van der Waals surface area contributed by atoms with Crippen LogP contribution in [0.2, 0.25) is 0 Å². The fraction of sp³-hybridized carbons (Fsp3) is 0.350. The van der Waals surface area contributed by atoms with Crippen molar-refractivity contribution in [1.29, 1.82) is 0 Å². The second-order valence-corrected chi connectivity index (χ2v) is 6.01. The molecule has 1 aliphatic rings. The highest BCUT2D eigenvalue weighted by atomic mass is 16.7. The average Bonchev–Trinajstić information content (AvgIpc) is 2.66. The number of hydrogen-bond acceptors (Lipinski definition) is 5. The van der Waals surface area contributed by atoms with Gasteiger partial charge in [0.05, 0.1) is 31.9 Å². The van der Waals surface area contributed by atoms with E-state index < -0.39 is 6.29 Å². The Labute approximate surface area is 152 Å². The Morgan fingerprint density at radius 2 is 1.92 bits per heavy atom. The van der Waals surface area contributed by atoms with Gasteiger partial charge in [0.25, 0.3) is 0 Å². The molecule has 6 heteroatoms. The number of carbonyl (C=O) groups excluding carboxylic acids is 1. The molecule has 6 nitrogen and oxygen atoms in total. The van der Waals surface area contributed by atoms with E-state index >= 15 is 0 Å². The Morgan fingerprint density at radius 3 is 2.62 bits per heavy atom. The number of phenols is 1. The first kappa shape index (κ1) is 18.2. The van der Waals surface area contributed by atoms with Crippen LogP contribution < -0.4 is 10.1 Å². The van der Waals surface area contributed by atoms with E-state index in [0.717, 1.165) is 23.3 Å². The fourth-order valence-corrected chi connectivity index (χ4v) is 2.73. The molecule has 1 saturated heterocycles. The van der Waals surface area contributed by atoms with Gasteiger partial charge in [0.15, 0.2) is 6.29 Å². The van der Waals surface area contributed by atoms with Crippen molar-refractivity contribution < 1.29 is 24.1 Å². The van der Waals surface area contributed by atoms with Crippen LogP contribution in [0.3, 0.4) is 0 Å². The first-order chi connectivity index (χ1) is 12.7. The summed E-state index contributed by atoms with van der Waals surface area (Å²) in [4.78, 5) is 12.3. The second-order valence-electron chi connectivity index (χ2n) is 6.01. The minimum atomic E-state index is -0.467. The molecule has 0 bridgehead atoms. The summed E-state index contributed by atoms with van der Waals surface area (Å²) in [6.07, 6.45) is 0.596. The number of rotatable bonds is 6. The topological polar surface area (TPSA) is 77.0 Å². The Hall–Kier alpha value is -2.57. The van der Waals surface area contributed by atoms with Gasteiger partial charge in [-0.1, -0.05) is 18.2 Å². The lowest BCUT2D eigenvalue weighted by molar-refractivity contribution is -0.183. The quantitative estimate of drug-likeness (QED) is 0.775. The summed E-state index contributed by atoms with van der Waals surface area (Å²) >= 11 is 0. The molecule has 0 aliphatic carbocycles. The first-order valence-electron chi connectivity index (χ1n) is 8.73. The van der Waals surface area contributed by atoms with Gasteiger partial charge in [0.1, 0.15) is 11.5 Å². The summed E-state index contributed by atoms with van der Waals surface area (Å²) < 4.78 is 16.5. The second kappa shape index (κ2) is 8.69. The number of carbonyl (C=O) groups is 1. The Kier molecular flexibility index (Phi) is 6.09. The minimum Gasteiger partial charge on any atom is -0.506 e. The van der Waals surface area contributed by atoms with Crippen LogP contribution in [-0.4, -0.2) is 30.8 Å². The van der Waals surface area contributed by atoms with Gasteiger partial charge in [-0.05, 0) is 43.2 Å². The molecule has 2 aromatic carbocycles. The van der Waals surface area contributed by atoms with Crippen molar-refractivity contribution in [2.45, 2.75) is 26.1 Å². The maximum atomic E-state index is 12.3. The van der Waals surface area contributed by atoms with Crippen molar-refractivity contribution in [2.75, 3.05) is 25.1 Å². The van der Waals surface area contributed by atoms with Gasteiger partial charge >= 0.3 is 0 Å². The average molecular weight is 357 g/mol. The zero-order valence-electron chi connectivity index (χ0n) is 14.7. The monoisotopic (exact) mass is 357 g/mol. The molecule has 2 aromatic rings. The standard InChI is InChI=1S/C20H23NO5/c1-2-24-16-7-4-14(5-8-16)12-19(23)21-17-13-15(6-9-18(17)22)20-25-10-3-11-26-20/h4-9,13,20,22H,2-3,10-12H2,1H3,(H,21,23). The van der Waals surface area contributed by atoms with Crippen LogP contribution in [0, 0.1) is 0 Å². The summed E-state index contributed by atoms with van der Waals surface area (Å²) in [6, 6.07) is 12.3. The van der Waals surface area contributed by atoms with Crippen LogP contribution in [-0.2, 0) is 20.7 Å². The van der Waals surface area contributed by atoms with Crippen molar-refractivity contribution in [3.05, 3.63) is 53.6 Å². The van der Waals surface area contributed by atoms with E-state index in [1.807, 2.05) is 31.2 Å². The van der Waals surface area contributed by atoms with Crippen LogP contribution in [0.25, 0.3) is 0 Å². The van der Waals surface area contributed by atoms with Crippen LogP contribution in [0.4, 0.5) is 5.69 Å². The Bertz CT molecular complexity index is 738. The lowest BCUT2D eigenvalue weighted by atomic mass is 10.1. The van der Waals surface area contributed by atoms with Gasteiger partial charge in [-0.15, -0.1) is 0 Å². The van der Waals surface area contributed by atoms with Crippen molar-refractivity contribution >= 4 is 11.6 Å². The number of ether oxygens (including phenoxy) is 3. The summed E-state index contributed by atoms with van der Waals surface area (Å²) in [5.41, 5.74) is 1.97. The zero-order chi connectivity index (χ0) is 18.4. The molecule has 1 fully saturated rings. The van der Waals surface area contributed by atoms with Crippen molar-refractivity contribution in [3.8, 4) is 11.5 Å². The van der Waals surface area contributed by atoms with E-state index in [1.54, 1.807) is 12.1 Å². The number of amides is 1. The molecule has 0 radical (unpaired) electrons. The van der Waals surface area contributed by atoms with Crippen LogP contribution >= 0.6 is 0 Å². The molecule has 3 rings (SSSR count). The van der Waals surface area contributed by atoms with E-state index in [-0.39, 0.29) is 18.1 Å². The van der Waals surface area contributed by atoms with E-state index in [0.29, 0.717) is 25.5 Å². The molecular formula is C20H23NO5. The largest absolute Gasteiger partial charge is 0.506 e. The molecule has 0 atom stereocenters. The summed E-state index contributed by atoms with van der Waals surface area (Å²) in [5.74, 6) is 0.561. The number of aromatic hydroxyl groups is 1. The minimum absolute atomic E-state index is 0.00426. The molecule has 0 unspecified atom stereocenters. The van der Waals surface area contributed by atoms with Crippen LogP contribution in [0.1, 0.15) is 30.8 Å². The molecule has 0 saturated carbocycles. The van der Waals surface area contributed by atoms with Gasteiger partial charge in [-0.2, -0.15) is 0 Å². The number of nitrogens with one attached hydrogen (secondary N) is 1. The van der Waals surface area contributed by atoms with Crippen molar-refractivity contribution in [1.82, 2.24) is 0 Å². The Balaban J connectivity index is 1.64. The predicted molar refractivity (Wildman–Crippen MR) is 97.3 cm³/mol. The van der Waals surface area contributed by atoms with Gasteiger partial charge in [0.2, 0.25) is 5.91 Å². The highest BCUT2D eigenvalue weighted by Crippen LogP contribution is 2.30. The smallest absolute Gasteiger partial charge is 0.228 e. The van der Waals surface area contributed by atoms with Crippen molar-refractivity contribution in [2.24, 2.45) is 0 Å². The number of phenolic OH excluding ortho intramolecular Hbond substituents is 1. The lowest BCUT2D eigenvalue weighted by Gasteiger charge is -2.24. The van der Waals surface area contributed by atoms with E-state index in [4.69, 9.17) is 14.2 Å². The predicted octanol–water partition coefficient (Wildman–Crippen LogP) is 3.41.